The largest absolute Gasteiger partial charge is 0.378 e. The molecule has 1 aliphatic rings. The smallest absolute Gasteiger partial charge is 0.233 e. The summed E-state index contributed by atoms with van der Waals surface area (Å²) in [6.07, 6.45) is 0. The first kappa shape index (κ1) is 15.2. The average Bonchev–Trinajstić information content (AvgIpc) is 2.77. The molecule has 1 amide bonds. The van der Waals surface area contributed by atoms with Crippen molar-refractivity contribution in [3.63, 3.8) is 0 Å². The molecular weight excluding hydrogens is 270 g/mol. The molecule has 1 fully saturated rings. The Bertz CT molecular complexity index is 459. The summed E-state index contributed by atoms with van der Waals surface area (Å²) in [5, 5.41) is 0.165. The number of likely N-dealkylation sites (N-methyl/N-ethyl adjacent to an activating group) is 1. The van der Waals surface area contributed by atoms with Gasteiger partial charge in [0.1, 0.15) is 5.37 Å². The van der Waals surface area contributed by atoms with Gasteiger partial charge < -0.3 is 14.7 Å². The Morgan fingerprint density at radius 2 is 1.85 bits per heavy atom. The van der Waals surface area contributed by atoms with Gasteiger partial charge >= 0.3 is 0 Å². The van der Waals surface area contributed by atoms with Gasteiger partial charge in [-0.2, -0.15) is 0 Å². The lowest BCUT2D eigenvalue weighted by molar-refractivity contribution is -0.128. The van der Waals surface area contributed by atoms with Crippen LogP contribution in [0.5, 0.6) is 0 Å². The first-order valence-electron chi connectivity index (χ1n) is 6.82. The third-order valence-electron chi connectivity index (χ3n) is 3.45. The van der Waals surface area contributed by atoms with Crippen molar-refractivity contribution in [2.24, 2.45) is 0 Å². The molecule has 0 spiro atoms. The van der Waals surface area contributed by atoms with Crippen LogP contribution in [0, 0.1) is 0 Å². The molecule has 1 heterocycles. The molecule has 0 N–H and O–H groups in total. The summed E-state index contributed by atoms with van der Waals surface area (Å²) in [6.45, 7) is 1.69. The molecule has 5 heteroatoms. The molecule has 2 rings (SSSR count). The van der Waals surface area contributed by atoms with Gasteiger partial charge in [-0.3, -0.25) is 4.79 Å². The zero-order valence-corrected chi connectivity index (χ0v) is 13.5. The molecule has 0 saturated carbocycles. The predicted octanol–water partition coefficient (Wildman–Crippen LogP) is 1.89. The van der Waals surface area contributed by atoms with E-state index in [1.54, 1.807) is 11.8 Å². The van der Waals surface area contributed by atoms with Crippen LogP contribution >= 0.6 is 11.8 Å². The van der Waals surface area contributed by atoms with Crippen molar-refractivity contribution in [2.75, 3.05) is 51.9 Å². The topological polar surface area (TPSA) is 26.8 Å². The highest BCUT2D eigenvalue weighted by Gasteiger charge is 2.32. The van der Waals surface area contributed by atoms with Crippen molar-refractivity contribution in [1.29, 1.82) is 0 Å². The summed E-state index contributed by atoms with van der Waals surface area (Å²) in [5.74, 6) is 0.839. The molecule has 1 saturated heterocycles. The average molecular weight is 293 g/mol. The summed E-state index contributed by atoms with van der Waals surface area (Å²) in [5.41, 5.74) is 2.40. The van der Waals surface area contributed by atoms with Gasteiger partial charge in [0, 0.05) is 32.9 Å². The monoisotopic (exact) mass is 293 g/mol. The zero-order chi connectivity index (χ0) is 14.7. The van der Waals surface area contributed by atoms with Crippen molar-refractivity contribution in [3.05, 3.63) is 29.8 Å². The van der Waals surface area contributed by atoms with Gasteiger partial charge in [-0.25, -0.2) is 0 Å². The van der Waals surface area contributed by atoms with Crippen molar-refractivity contribution in [1.82, 2.24) is 9.80 Å². The lowest BCUT2D eigenvalue weighted by Gasteiger charge is -2.26. The molecule has 1 aliphatic heterocycles. The molecule has 0 radical (unpaired) electrons. The lowest BCUT2D eigenvalue weighted by Crippen LogP contribution is -2.34. The van der Waals surface area contributed by atoms with Crippen LogP contribution in [0.3, 0.4) is 0 Å². The Balaban J connectivity index is 2.11. The van der Waals surface area contributed by atoms with E-state index in [1.165, 1.54) is 11.3 Å². The van der Waals surface area contributed by atoms with Crippen LogP contribution in [0.1, 0.15) is 10.9 Å². The Labute approximate surface area is 125 Å². The van der Waals surface area contributed by atoms with Gasteiger partial charge in [-0.1, -0.05) is 12.1 Å². The molecule has 110 valence electrons. The maximum atomic E-state index is 12.0. The minimum Gasteiger partial charge on any atom is -0.378 e. The van der Waals surface area contributed by atoms with E-state index in [9.17, 15) is 4.79 Å². The molecule has 0 bridgehead atoms. The van der Waals surface area contributed by atoms with Crippen molar-refractivity contribution in [3.8, 4) is 0 Å². The first-order valence-corrected chi connectivity index (χ1v) is 7.87. The number of rotatable bonds is 5. The molecule has 4 nitrogen and oxygen atoms in total. The number of thioether (sulfide) groups is 1. The van der Waals surface area contributed by atoms with Gasteiger partial charge in [-0.05, 0) is 31.8 Å². The molecule has 1 atom stereocenters. The second kappa shape index (κ2) is 6.50. The van der Waals surface area contributed by atoms with E-state index in [4.69, 9.17) is 0 Å². The van der Waals surface area contributed by atoms with Crippen LogP contribution in [0.2, 0.25) is 0 Å². The molecule has 1 aromatic rings. The number of hydrogen-bond donors (Lipinski definition) is 0. The standard InChI is InChI=1S/C15H23N3OS/c1-16(2)9-10-18-14(19)11-20-15(18)12-5-7-13(8-6-12)17(3)4/h5-8,15H,9-11H2,1-4H3. The van der Waals surface area contributed by atoms with E-state index in [1.807, 2.05) is 33.1 Å². The van der Waals surface area contributed by atoms with Crippen molar-refractivity contribution >= 4 is 23.4 Å². The molecular formula is C15H23N3OS. The zero-order valence-electron chi connectivity index (χ0n) is 12.7. The summed E-state index contributed by atoms with van der Waals surface area (Å²) in [4.78, 5) is 18.2. The van der Waals surface area contributed by atoms with Crippen LogP contribution in [0.25, 0.3) is 0 Å². The van der Waals surface area contributed by atoms with Crippen molar-refractivity contribution in [2.45, 2.75) is 5.37 Å². The van der Waals surface area contributed by atoms with Gasteiger partial charge in [-0.15, -0.1) is 11.8 Å². The van der Waals surface area contributed by atoms with Crippen LogP contribution < -0.4 is 4.90 Å². The number of carbonyl (C=O) groups excluding carboxylic acids is 1. The highest BCUT2D eigenvalue weighted by atomic mass is 32.2. The highest BCUT2D eigenvalue weighted by Crippen LogP contribution is 2.38. The number of nitrogens with zero attached hydrogens (tertiary/aromatic N) is 3. The highest BCUT2D eigenvalue weighted by molar-refractivity contribution is 8.00. The second-order valence-electron chi connectivity index (χ2n) is 5.54. The maximum Gasteiger partial charge on any atom is 0.233 e. The molecule has 20 heavy (non-hydrogen) atoms. The Hall–Kier alpha value is -1.20. The normalized spacial score (nSPS) is 18.9. The number of carbonyl (C=O) groups is 1. The summed E-state index contributed by atoms with van der Waals surface area (Å²) < 4.78 is 0. The van der Waals surface area contributed by atoms with Crippen molar-refractivity contribution < 1.29 is 4.79 Å². The fourth-order valence-corrected chi connectivity index (χ4v) is 3.44. The second-order valence-corrected chi connectivity index (χ2v) is 6.61. The van der Waals surface area contributed by atoms with Gasteiger partial charge in [0.25, 0.3) is 0 Å². The van der Waals surface area contributed by atoms with Crippen LogP contribution in [-0.2, 0) is 4.79 Å². The van der Waals surface area contributed by atoms with Gasteiger partial charge in [0.15, 0.2) is 0 Å². The Kier molecular flexibility index (Phi) is 4.94. The first-order chi connectivity index (χ1) is 9.49. The number of benzene rings is 1. The number of amides is 1. The molecule has 1 unspecified atom stereocenters. The summed E-state index contributed by atoms with van der Waals surface area (Å²) in [6, 6.07) is 8.49. The molecule has 0 aliphatic carbocycles. The van der Waals surface area contributed by atoms with Gasteiger partial charge in [0.05, 0.1) is 5.75 Å². The van der Waals surface area contributed by atoms with E-state index in [-0.39, 0.29) is 11.3 Å². The fraction of sp³-hybridized carbons (Fsp3) is 0.533. The third-order valence-corrected chi connectivity index (χ3v) is 4.71. The quantitative estimate of drug-likeness (QED) is 0.828. The van der Waals surface area contributed by atoms with E-state index < -0.39 is 0 Å². The lowest BCUT2D eigenvalue weighted by atomic mass is 10.2. The number of anilines is 1. The maximum absolute atomic E-state index is 12.0. The van der Waals surface area contributed by atoms with E-state index >= 15 is 0 Å². The molecule has 1 aromatic carbocycles. The predicted molar refractivity (Wildman–Crippen MR) is 86.2 cm³/mol. The van der Waals surface area contributed by atoms with E-state index in [2.05, 4.69) is 34.1 Å². The van der Waals surface area contributed by atoms with E-state index in [0.717, 1.165) is 13.1 Å². The van der Waals surface area contributed by atoms with E-state index in [0.29, 0.717) is 5.75 Å². The Morgan fingerprint density at radius 3 is 2.40 bits per heavy atom. The fourth-order valence-electron chi connectivity index (χ4n) is 2.22. The number of hydrogen-bond acceptors (Lipinski definition) is 4. The minimum atomic E-state index is 0.165. The SMILES string of the molecule is CN(C)CCN1C(=O)CSC1c1ccc(N(C)C)cc1. The molecule has 0 aromatic heterocycles. The Morgan fingerprint density at radius 1 is 1.20 bits per heavy atom. The third kappa shape index (κ3) is 3.46. The summed E-state index contributed by atoms with van der Waals surface area (Å²) in [7, 11) is 8.14. The summed E-state index contributed by atoms with van der Waals surface area (Å²) >= 11 is 1.72. The minimum absolute atomic E-state index is 0.165. The van der Waals surface area contributed by atoms with Gasteiger partial charge in [0.2, 0.25) is 5.91 Å². The van der Waals surface area contributed by atoms with Crippen LogP contribution in [-0.4, -0.2) is 62.7 Å². The van der Waals surface area contributed by atoms with Crippen LogP contribution in [0.4, 0.5) is 5.69 Å². The van der Waals surface area contributed by atoms with Crippen LogP contribution in [0.15, 0.2) is 24.3 Å².